The first-order chi connectivity index (χ1) is 11.4. The molecule has 0 atom stereocenters. The van der Waals surface area contributed by atoms with Crippen LogP contribution in [0.25, 0.3) is 0 Å². The molecule has 1 aromatic heterocycles. The maximum absolute atomic E-state index is 5.47. The molecule has 1 fully saturated rings. The zero-order valence-electron chi connectivity index (χ0n) is 13.7. The van der Waals surface area contributed by atoms with Crippen molar-refractivity contribution in [3.8, 4) is 0 Å². The van der Waals surface area contributed by atoms with E-state index in [4.69, 9.17) is 9.72 Å². The number of benzene rings is 1. The molecule has 0 radical (unpaired) electrons. The van der Waals surface area contributed by atoms with E-state index < -0.39 is 0 Å². The van der Waals surface area contributed by atoms with Crippen molar-refractivity contribution in [2.24, 2.45) is 5.92 Å². The zero-order chi connectivity index (χ0) is 15.5. The van der Waals surface area contributed by atoms with Gasteiger partial charge in [-0.15, -0.1) is 0 Å². The Morgan fingerprint density at radius 1 is 1.09 bits per heavy atom. The molecule has 0 saturated carbocycles. The molecule has 0 spiro atoms. The number of imidazole rings is 1. The van der Waals surface area contributed by atoms with E-state index in [9.17, 15) is 0 Å². The minimum absolute atomic E-state index is 0.807. The van der Waals surface area contributed by atoms with Gasteiger partial charge >= 0.3 is 0 Å². The van der Waals surface area contributed by atoms with Crippen LogP contribution >= 0.6 is 0 Å². The maximum atomic E-state index is 5.47. The van der Waals surface area contributed by atoms with E-state index in [1.54, 1.807) is 0 Å². The number of hydrogen-bond acceptors (Lipinski definition) is 3. The fourth-order valence-electron chi connectivity index (χ4n) is 3.77. The molecule has 2 aliphatic rings. The number of hydrogen-bond donors (Lipinski definition) is 0. The van der Waals surface area contributed by atoms with E-state index >= 15 is 0 Å². The third kappa shape index (κ3) is 3.48. The van der Waals surface area contributed by atoms with Crippen LogP contribution < -0.4 is 0 Å². The van der Waals surface area contributed by atoms with E-state index in [-0.39, 0.29) is 0 Å². The summed E-state index contributed by atoms with van der Waals surface area (Å²) >= 11 is 0. The molecular formula is C19H25N3O. The van der Waals surface area contributed by atoms with Gasteiger partial charge in [0.05, 0.1) is 5.69 Å². The van der Waals surface area contributed by atoms with Crippen LogP contribution in [-0.4, -0.2) is 40.8 Å². The topological polar surface area (TPSA) is 30.3 Å². The molecule has 1 aromatic carbocycles. The van der Waals surface area contributed by atoms with Gasteiger partial charge in [-0.05, 0) is 24.3 Å². The first-order valence-electron chi connectivity index (χ1n) is 8.76. The lowest BCUT2D eigenvalue weighted by molar-refractivity contribution is 0.0485. The normalized spacial score (nSPS) is 19.7. The van der Waals surface area contributed by atoms with Crippen molar-refractivity contribution < 1.29 is 4.74 Å². The lowest BCUT2D eigenvalue weighted by atomic mass is 9.99. The summed E-state index contributed by atoms with van der Waals surface area (Å²) in [5.41, 5.74) is 2.71. The second kappa shape index (κ2) is 6.85. The molecule has 23 heavy (non-hydrogen) atoms. The van der Waals surface area contributed by atoms with E-state index in [1.807, 2.05) is 0 Å². The summed E-state index contributed by atoms with van der Waals surface area (Å²) in [5, 5.41) is 0. The van der Waals surface area contributed by atoms with Gasteiger partial charge in [-0.3, -0.25) is 4.90 Å². The van der Waals surface area contributed by atoms with E-state index in [0.717, 1.165) is 45.2 Å². The molecule has 2 aromatic rings. The molecule has 0 amide bonds. The Hall–Kier alpha value is -1.65. The SMILES string of the molecule is c1ccc(Cc2ncc3n2CCN(CC2CCOCC2)C3)cc1. The van der Waals surface area contributed by atoms with Crippen molar-refractivity contribution in [2.75, 3.05) is 26.3 Å². The van der Waals surface area contributed by atoms with Crippen LogP contribution in [0, 0.1) is 5.92 Å². The maximum Gasteiger partial charge on any atom is 0.113 e. The molecule has 0 N–H and O–H groups in total. The van der Waals surface area contributed by atoms with Gasteiger partial charge < -0.3 is 9.30 Å². The monoisotopic (exact) mass is 311 g/mol. The molecule has 4 heteroatoms. The first kappa shape index (κ1) is 14.9. The van der Waals surface area contributed by atoms with Crippen molar-refractivity contribution in [2.45, 2.75) is 32.4 Å². The van der Waals surface area contributed by atoms with Crippen LogP contribution in [-0.2, 0) is 24.2 Å². The number of ether oxygens (including phenoxy) is 1. The van der Waals surface area contributed by atoms with Gasteiger partial charge in [-0.25, -0.2) is 4.98 Å². The summed E-state index contributed by atoms with van der Waals surface area (Å²) in [7, 11) is 0. The van der Waals surface area contributed by atoms with Crippen molar-refractivity contribution in [1.82, 2.24) is 14.5 Å². The molecule has 0 unspecified atom stereocenters. The predicted molar refractivity (Wildman–Crippen MR) is 90.3 cm³/mol. The highest BCUT2D eigenvalue weighted by molar-refractivity contribution is 5.21. The summed E-state index contributed by atoms with van der Waals surface area (Å²) in [6.07, 6.45) is 5.44. The summed E-state index contributed by atoms with van der Waals surface area (Å²) in [6.45, 7) is 6.35. The highest BCUT2D eigenvalue weighted by atomic mass is 16.5. The number of rotatable bonds is 4. The summed E-state index contributed by atoms with van der Waals surface area (Å²) < 4.78 is 7.90. The van der Waals surface area contributed by atoms with Gasteiger partial charge in [-0.2, -0.15) is 0 Å². The molecular weight excluding hydrogens is 286 g/mol. The van der Waals surface area contributed by atoms with Crippen LogP contribution in [0.15, 0.2) is 36.5 Å². The van der Waals surface area contributed by atoms with Crippen LogP contribution in [0.5, 0.6) is 0 Å². The molecule has 1 saturated heterocycles. The van der Waals surface area contributed by atoms with Crippen LogP contribution in [0.1, 0.15) is 29.9 Å². The zero-order valence-corrected chi connectivity index (χ0v) is 13.7. The van der Waals surface area contributed by atoms with Gasteiger partial charge in [0.15, 0.2) is 0 Å². The average Bonchev–Trinajstić information content (AvgIpc) is 2.99. The minimum atomic E-state index is 0.807. The molecule has 2 aliphatic heterocycles. The third-order valence-electron chi connectivity index (χ3n) is 5.11. The van der Waals surface area contributed by atoms with Crippen LogP contribution in [0.4, 0.5) is 0 Å². The van der Waals surface area contributed by atoms with E-state index in [0.29, 0.717) is 0 Å². The van der Waals surface area contributed by atoms with Gasteiger partial charge in [-0.1, -0.05) is 30.3 Å². The fraction of sp³-hybridized carbons (Fsp3) is 0.526. The van der Waals surface area contributed by atoms with Crippen molar-refractivity contribution in [3.63, 3.8) is 0 Å². The summed E-state index contributed by atoms with van der Waals surface area (Å²) in [4.78, 5) is 7.29. The summed E-state index contributed by atoms with van der Waals surface area (Å²) in [5.74, 6) is 2.01. The Balaban J connectivity index is 1.40. The molecule has 4 nitrogen and oxygen atoms in total. The molecule has 3 heterocycles. The van der Waals surface area contributed by atoms with Gasteiger partial charge in [0, 0.05) is 52.0 Å². The van der Waals surface area contributed by atoms with Crippen LogP contribution in [0.2, 0.25) is 0 Å². The van der Waals surface area contributed by atoms with Gasteiger partial charge in [0.1, 0.15) is 5.82 Å². The summed E-state index contributed by atoms with van der Waals surface area (Å²) in [6, 6.07) is 10.6. The van der Waals surface area contributed by atoms with Gasteiger partial charge in [0.25, 0.3) is 0 Å². The fourth-order valence-corrected chi connectivity index (χ4v) is 3.77. The molecule has 0 bridgehead atoms. The highest BCUT2D eigenvalue weighted by Crippen LogP contribution is 2.21. The molecule has 0 aliphatic carbocycles. The average molecular weight is 311 g/mol. The largest absolute Gasteiger partial charge is 0.381 e. The molecule has 122 valence electrons. The standard InChI is InChI=1S/C19H25N3O/c1-2-4-16(5-3-1)12-19-20-13-18-15-21(8-9-22(18)19)14-17-6-10-23-11-7-17/h1-5,13,17H,6-12,14-15H2. The van der Waals surface area contributed by atoms with E-state index in [2.05, 4.69) is 46.0 Å². The van der Waals surface area contributed by atoms with Crippen molar-refractivity contribution in [1.29, 1.82) is 0 Å². The Bertz CT molecular complexity index is 631. The lowest BCUT2D eigenvalue weighted by Gasteiger charge is -2.33. The number of aromatic nitrogens is 2. The van der Waals surface area contributed by atoms with Crippen molar-refractivity contribution >= 4 is 0 Å². The van der Waals surface area contributed by atoms with E-state index in [1.165, 1.54) is 36.5 Å². The number of fused-ring (bicyclic) bond motifs is 1. The Kier molecular flexibility index (Phi) is 4.44. The lowest BCUT2D eigenvalue weighted by Crippen LogP contribution is -2.38. The van der Waals surface area contributed by atoms with Crippen molar-refractivity contribution in [3.05, 3.63) is 53.6 Å². The minimum Gasteiger partial charge on any atom is -0.381 e. The first-order valence-corrected chi connectivity index (χ1v) is 8.76. The Morgan fingerprint density at radius 2 is 1.91 bits per heavy atom. The van der Waals surface area contributed by atoms with Crippen LogP contribution in [0.3, 0.4) is 0 Å². The molecule has 4 rings (SSSR count). The Labute approximate surface area is 138 Å². The smallest absolute Gasteiger partial charge is 0.113 e. The second-order valence-electron chi connectivity index (χ2n) is 6.77. The quantitative estimate of drug-likeness (QED) is 0.870. The highest BCUT2D eigenvalue weighted by Gasteiger charge is 2.23. The van der Waals surface area contributed by atoms with Gasteiger partial charge in [0.2, 0.25) is 0 Å². The predicted octanol–water partition coefficient (Wildman–Crippen LogP) is 2.72. The second-order valence-corrected chi connectivity index (χ2v) is 6.77. The third-order valence-corrected chi connectivity index (χ3v) is 5.11. The Morgan fingerprint density at radius 3 is 2.74 bits per heavy atom. The number of nitrogens with zero attached hydrogens (tertiary/aromatic N) is 3.